The highest BCUT2D eigenvalue weighted by Gasteiger charge is 2.40. The first-order valence-corrected chi connectivity index (χ1v) is 13.2. The minimum Gasteiger partial charge on any atom is -0.395 e. The second kappa shape index (κ2) is 9.42. The molecule has 0 bridgehead atoms. The number of sulfonamides is 1. The van der Waals surface area contributed by atoms with Crippen LogP contribution in [0.15, 0.2) is 82.1 Å². The number of hydrogen-bond donors (Lipinski definition) is 2. The second-order valence-electron chi connectivity index (χ2n) is 9.20. The van der Waals surface area contributed by atoms with E-state index in [1.165, 1.54) is 12.1 Å². The van der Waals surface area contributed by atoms with Gasteiger partial charge in [-0.1, -0.05) is 12.5 Å². The summed E-state index contributed by atoms with van der Waals surface area (Å²) in [6.07, 6.45) is 5.44. The van der Waals surface area contributed by atoms with Crippen molar-refractivity contribution in [3.05, 3.63) is 94.6 Å². The van der Waals surface area contributed by atoms with E-state index in [9.17, 15) is 26.7 Å². The first kappa shape index (κ1) is 24.6. The number of hydrazine groups is 1. The van der Waals surface area contributed by atoms with Crippen LogP contribution in [0, 0.1) is 29.3 Å². The molecule has 0 fully saturated rings. The van der Waals surface area contributed by atoms with Crippen LogP contribution in [0.25, 0.3) is 0 Å². The van der Waals surface area contributed by atoms with E-state index < -0.39 is 33.2 Å². The Labute approximate surface area is 208 Å². The molecule has 2 aromatic carbocycles. The van der Waals surface area contributed by atoms with Crippen molar-refractivity contribution in [3.8, 4) is 0 Å². The maximum atomic E-state index is 13.8. The highest BCUT2D eigenvalue weighted by molar-refractivity contribution is 7.89. The van der Waals surface area contributed by atoms with E-state index in [2.05, 4.69) is 18.4 Å². The minimum atomic E-state index is -4.23. The summed E-state index contributed by atoms with van der Waals surface area (Å²) in [6.45, 7) is 1.56. The number of nitrogens with one attached hydrogen (secondary N) is 1. The van der Waals surface area contributed by atoms with E-state index in [0.29, 0.717) is 12.5 Å². The summed E-state index contributed by atoms with van der Waals surface area (Å²) in [5.74, 6) is -2.39. The summed E-state index contributed by atoms with van der Waals surface area (Å²) in [6, 6.07) is 8.39. The second-order valence-corrected chi connectivity index (χ2v) is 11.1. The molecule has 2 aromatic rings. The van der Waals surface area contributed by atoms with Crippen LogP contribution < -0.4 is 10.4 Å². The summed E-state index contributed by atoms with van der Waals surface area (Å²) < 4.78 is 68.6. The summed E-state index contributed by atoms with van der Waals surface area (Å²) in [5.41, 5.74) is 8.26. The Kier molecular flexibility index (Phi) is 6.44. The molecule has 0 radical (unpaired) electrons. The third-order valence-corrected chi connectivity index (χ3v) is 8.88. The molecule has 5 rings (SSSR count). The number of allylic oxidation sites excluding steroid dienone is 3. The van der Waals surface area contributed by atoms with Gasteiger partial charge in [-0.15, -0.1) is 0 Å². The van der Waals surface area contributed by atoms with Crippen molar-refractivity contribution in [2.24, 2.45) is 11.8 Å². The lowest BCUT2D eigenvalue weighted by molar-refractivity contribution is 0.243. The number of fused-ring (bicyclic) bond motifs is 1. The standard InChI is InChI=1S/C26H26F3N3O3S/c1-16-24-14-30-32(22-6-4-19(27)5-7-22)25(24)10-17-2-3-18(26(16)17)15-31(8-9-33)36(34,35)23-12-20(28)11-21(29)13-23/h4-7,10-14,16,18,30,33H,2-3,8-9,15H2,1H3/t16-,18+/m0/s1. The normalized spacial score (nSPS) is 21.3. The van der Waals surface area contributed by atoms with E-state index in [1.807, 2.05) is 11.2 Å². The molecule has 190 valence electrons. The smallest absolute Gasteiger partial charge is 0.243 e. The van der Waals surface area contributed by atoms with E-state index in [4.69, 9.17) is 0 Å². The van der Waals surface area contributed by atoms with Crippen LogP contribution in [0.4, 0.5) is 18.9 Å². The van der Waals surface area contributed by atoms with E-state index in [1.54, 1.807) is 12.1 Å². The average molecular weight is 518 g/mol. The van der Waals surface area contributed by atoms with Gasteiger partial charge in [0.2, 0.25) is 10.0 Å². The predicted octanol–water partition coefficient (Wildman–Crippen LogP) is 4.24. The molecule has 6 nitrogen and oxygen atoms in total. The molecule has 1 aliphatic heterocycles. The largest absolute Gasteiger partial charge is 0.395 e. The lowest BCUT2D eigenvalue weighted by Gasteiger charge is -2.32. The van der Waals surface area contributed by atoms with Gasteiger partial charge >= 0.3 is 0 Å². The van der Waals surface area contributed by atoms with Crippen LogP contribution in [-0.2, 0) is 10.0 Å². The summed E-state index contributed by atoms with van der Waals surface area (Å²) in [7, 11) is -4.23. The molecule has 0 amide bonds. The summed E-state index contributed by atoms with van der Waals surface area (Å²) in [5, 5.41) is 11.5. The van der Waals surface area contributed by atoms with Crippen molar-refractivity contribution in [1.82, 2.24) is 9.73 Å². The molecule has 1 heterocycles. The number of halogens is 3. The molecule has 3 aliphatic rings. The zero-order valence-corrected chi connectivity index (χ0v) is 20.4. The summed E-state index contributed by atoms with van der Waals surface area (Å²) in [4.78, 5) is -0.475. The van der Waals surface area contributed by atoms with Gasteiger partial charge in [-0.25, -0.2) is 21.6 Å². The van der Waals surface area contributed by atoms with Gasteiger partial charge in [-0.3, -0.25) is 5.01 Å². The monoisotopic (exact) mass is 517 g/mol. The van der Waals surface area contributed by atoms with Crippen LogP contribution in [0.1, 0.15) is 19.8 Å². The third-order valence-electron chi connectivity index (χ3n) is 7.03. The van der Waals surface area contributed by atoms with E-state index >= 15 is 0 Å². The van der Waals surface area contributed by atoms with Gasteiger partial charge in [0, 0.05) is 36.8 Å². The first-order chi connectivity index (χ1) is 17.2. The van der Waals surface area contributed by atoms with Gasteiger partial charge in [-0.2, -0.15) is 4.31 Å². The first-order valence-electron chi connectivity index (χ1n) is 11.7. The maximum absolute atomic E-state index is 13.8. The van der Waals surface area contributed by atoms with Crippen LogP contribution in [-0.4, -0.2) is 37.5 Å². The molecule has 0 aromatic heterocycles. The Morgan fingerprint density at radius 2 is 1.78 bits per heavy atom. The molecule has 36 heavy (non-hydrogen) atoms. The SMILES string of the molecule is C[C@H]1C2=CNN(c3ccc(F)cc3)C2=CC2=C1[C@@H](CN(CCO)S(=O)(=O)c1cc(F)cc(F)c1)CC2. The number of nitrogens with zero attached hydrogens (tertiary/aromatic N) is 2. The molecule has 2 N–H and O–H groups in total. The Balaban J connectivity index is 1.44. The lowest BCUT2D eigenvalue weighted by atomic mass is 9.80. The molecule has 0 saturated carbocycles. The van der Waals surface area contributed by atoms with Crippen LogP contribution >= 0.6 is 0 Å². The van der Waals surface area contributed by atoms with Crippen LogP contribution in [0.2, 0.25) is 0 Å². The average Bonchev–Trinajstić information content (AvgIpc) is 3.44. The van der Waals surface area contributed by atoms with Gasteiger partial charge < -0.3 is 10.5 Å². The fourth-order valence-corrected chi connectivity index (χ4v) is 6.92. The Hall–Kier alpha value is -3.08. The zero-order valence-electron chi connectivity index (χ0n) is 19.6. The molecular weight excluding hydrogens is 491 g/mol. The fourth-order valence-electron chi connectivity index (χ4n) is 5.40. The highest BCUT2D eigenvalue weighted by Crippen LogP contribution is 2.48. The van der Waals surface area contributed by atoms with Crippen LogP contribution in [0.5, 0.6) is 0 Å². The van der Waals surface area contributed by atoms with Gasteiger partial charge in [0.25, 0.3) is 0 Å². The third kappa shape index (κ3) is 4.33. The number of aliphatic hydroxyl groups excluding tert-OH is 1. The van der Waals surface area contributed by atoms with Gasteiger partial charge in [-0.05, 0) is 66.8 Å². The lowest BCUT2D eigenvalue weighted by Crippen LogP contribution is -2.38. The number of anilines is 1. The quantitative estimate of drug-likeness (QED) is 0.575. The Bertz CT molecular complexity index is 1370. The van der Waals surface area contributed by atoms with Crippen molar-refractivity contribution >= 4 is 15.7 Å². The van der Waals surface area contributed by atoms with Crippen LogP contribution in [0.3, 0.4) is 0 Å². The van der Waals surface area contributed by atoms with Gasteiger partial charge in [0.05, 0.1) is 22.9 Å². The summed E-state index contributed by atoms with van der Waals surface area (Å²) >= 11 is 0. The minimum absolute atomic E-state index is 0.00394. The number of benzene rings is 2. The number of aliphatic hydroxyl groups is 1. The van der Waals surface area contributed by atoms with Crippen molar-refractivity contribution < 1.29 is 26.7 Å². The molecule has 2 aliphatic carbocycles. The van der Waals surface area contributed by atoms with Gasteiger partial charge in [0.1, 0.15) is 17.5 Å². The number of hydrogen-bond acceptors (Lipinski definition) is 5. The molecule has 10 heteroatoms. The van der Waals surface area contributed by atoms with E-state index in [-0.39, 0.29) is 30.7 Å². The van der Waals surface area contributed by atoms with Crippen molar-refractivity contribution in [3.63, 3.8) is 0 Å². The van der Waals surface area contributed by atoms with Gasteiger partial charge in [0.15, 0.2) is 0 Å². The molecule has 0 saturated heterocycles. The molecular formula is C26H26F3N3O3S. The molecule has 0 unspecified atom stereocenters. The molecule has 2 atom stereocenters. The molecule has 0 spiro atoms. The topological polar surface area (TPSA) is 72.9 Å². The fraction of sp³-hybridized carbons (Fsp3) is 0.308. The Morgan fingerprint density at radius 1 is 1.08 bits per heavy atom. The zero-order chi connectivity index (χ0) is 25.6. The van der Waals surface area contributed by atoms with Crippen molar-refractivity contribution in [2.45, 2.75) is 24.7 Å². The van der Waals surface area contributed by atoms with Crippen molar-refractivity contribution in [2.75, 3.05) is 24.7 Å². The highest BCUT2D eigenvalue weighted by atomic mass is 32.2. The predicted molar refractivity (Wildman–Crippen MR) is 129 cm³/mol. The Morgan fingerprint density at radius 3 is 2.44 bits per heavy atom. The number of rotatable bonds is 7. The van der Waals surface area contributed by atoms with E-state index in [0.717, 1.165) is 51.0 Å². The maximum Gasteiger partial charge on any atom is 0.243 e. The van der Waals surface area contributed by atoms with Crippen molar-refractivity contribution in [1.29, 1.82) is 0 Å².